The van der Waals surface area contributed by atoms with Gasteiger partial charge in [-0.1, -0.05) is 59.2 Å². The standard InChI is InChI=1S/C28H29Cl2FN6O2S/c1-19-17-36(14-15-37(19)27(39)20-6-2-4-8-22(20)31)25-16-24(30)32-28(33-25)40-18-26(38)35-12-10-34(11-13-35)23-9-5-3-7-21(23)29/h2-9,16,19H,10-15,17-18H2,1H3. The minimum Gasteiger partial charge on any atom is -0.367 e. The summed E-state index contributed by atoms with van der Waals surface area (Å²) in [6.07, 6.45) is 0. The number of anilines is 2. The third kappa shape index (κ3) is 6.45. The van der Waals surface area contributed by atoms with Crippen molar-refractivity contribution >= 4 is 58.3 Å². The number of aromatic nitrogens is 2. The lowest BCUT2D eigenvalue weighted by molar-refractivity contribution is -0.128. The Morgan fingerprint density at radius 2 is 1.65 bits per heavy atom. The molecule has 40 heavy (non-hydrogen) atoms. The molecule has 2 aliphatic rings. The lowest BCUT2D eigenvalue weighted by atomic mass is 10.1. The van der Waals surface area contributed by atoms with E-state index >= 15 is 0 Å². The highest BCUT2D eigenvalue weighted by molar-refractivity contribution is 7.99. The Kier molecular flexibility index (Phi) is 8.97. The molecule has 8 nitrogen and oxygen atoms in total. The van der Waals surface area contributed by atoms with Crippen molar-refractivity contribution in [1.82, 2.24) is 19.8 Å². The number of rotatable bonds is 6. The second-order valence-electron chi connectivity index (χ2n) is 9.71. The van der Waals surface area contributed by atoms with Gasteiger partial charge < -0.3 is 19.6 Å². The fourth-order valence-corrected chi connectivity index (χ4v) is 6.23. The van der Waals surface area contributed by atoms with Crippen LogP contribution in [0.25, 0.3) is 0 Å². The molecule has 0 N–H and O–H groups in total. The maximum absolute atomic E-state index is 14.2. The zero-order valence-corrected chi connectivity index (χ0v) is 24.3. The molecule has 12 heteroatoms. The van der Waals surface area contributed by atoms with Gasteiger partial charge in [0.15, 0.2) is 5.16 Å². The van der Waals surface area contributed by atoms with E-state index in [4.69, 9.17) is 23.2 Å². The van der Waals surface area contributed by atoms with Crippen molar-refractivity contribution in [2.75, 3.05) is 61.4 Å². The number of thioether (sulfide) groups is 1. The van der Waals surface area contributed by atoms with Crippen LogP contribution in [-0.2, 0) is 4.79 Å². The molecule has 1 aromatic heterocycles. The number of piperazine rings is 2. The molecule has 2 fully saturated rings. The molecule has 1 atom stereocenters. The van der Waals surface area contributed by atoms with E-state index in [0.717, 1.165) is 5.69 Å². The van der Waals surface area contributed by atoms with E-state index in [1.54, 1.807) is 23.1 Å². The molecule has 1 unspecified atom stereocenters. The van der Waals surface area contributed by atoms with Gasteiger partial charge in [0.25, 0.3) is 5.91 Å². The van der Waals surface area contributed by atoms with Gasteiger partial charge >= 0.3 is 0 Å². The minimum absolute atomic E-state index is 0.0165. The summed E-state index contributed by atoms with van der Waals surface area (Å²) in [5.41, 5.74) is 1.05. The molecule has 2 amide bonds. The largest absolute Gasteiger partial charge is 0.367 e. The van der Waals surface area contributed by atoms with Gasteiger partial charge in [0.1, 0.15) is 16.8 Å². The van der Waals surface area contributed by atoms with E-state index in [9.17, 15) is 14.0 Å². The monoisotopic (exact) mass is 602 g/mol. The van der Waals surface area contributed by atoms with E-state index in [2.05, 4.69) is 14.9 Å². The van der Waals surface area contributed by atoms with Crippen LogP contribution in [-0.4, -0.2) is 89.2 Å². The molecule has 210 valence electrons. The van der Waals surface area contributed by atoms with Crippen molar-refractivity contribution in [1.29, 1.82) is 0 Å². The van der Waals surface area contributed by atoms with Crippen LogP contribution in [0.4, 0.5) is 15.9 Å². The SMILES string of the molecule is CC1CN(c2cc(Cl)nc(SCC(=O)N3CCN(c4ccccc4Cl)CC3)n2)CCN1C(=O)c1ccccc1F. The average molecular weight is 604 g/mol. The zero-order valence-electron chi connectivity index (χ0n) is 22.0. The minimum atomic E-state index is -0.525. The predicted molar refractivity (Wildman–Crippen MR) is 157 cm³/mol. The molecule has 5 rings (SSSR count). The first-order valence-electron chi connectivity index (χ1n) is 13.0. The van der Waals surface area contributed by atoms with Crippen molar-refractivity contribution in [3.63, 3.8) is 0 Å². The van der Waals surface area contributed by atoms with Gasteiger partial charge in [-0.2, -0.15) is 0 Å². The molecule has 0 aliphatic carbocycles. The number of carbonyl (C=O) groups excluding carboxylic acids is 2. The van der Waals surface area contributed by atoms with Gasteiger partial charge in [-0.25, -0.2) is 14.4 Å². The Bertz CT molecular complexity index is 1390. The van der Waals surface area contributed by atoms with E-state index in [1.807, 2.05) is 41.0 Å². The number of hydrogen-bond donors (Lipinski definition) is 0. The fourth-order valence-electron chi connectivity index (χ4n) is 4.99. The molecule has 3 heterocycles. The van der Waals surface area contributed by atoms with Crippen LogP contribution >= 0.6 is 35.0 Å². The number of carbonyl (C=O) groups is 2. The second-order valence-corrected chi connectivity index (χ2v) is 11.4. The Morgan fingerprint density at radius 1 is 0.950 bits per heavy atom. The average Bonchev–Trinajstić information content (AvgIpc) is 2.96. The highest BCUT2D eigenvalue weighted by atomic mass is 35.5. The summed E-state index contributed by atoms with van der Waals surface area (Å²) in [7, 11) is 0. The first-order chi connectivity index (χ1) is 19.3. The Labute approximate surface area is 247 Å². The molecule has 0 radical (unpaired) electrons. The maximum Gasteiger partial charge on any atom is 0.257 e. The molecule has 2 aliphatic heterocycles. The highest BCUT2D eigenvalue weighted by Crippen LogP contribution is 2.27. The van der Waals surface area contributed by atoms with Crippen LogP contribution in [0.5, 0.6) is 0 Å². The third-order valence-electron chi connectivity index (χ3n) is 7.13. The van der Waals surface area contributed by atoms with Crippen LogP contribution in [0.15, 0.2) is 59.8 Å². The predicted octanol–water partition coefficient (Wildman–Crippen LogP) is 4.71. The summed E-state index contributed by atoms with van der Waals surface area (Å²) in [6, 6.07) is 15.3. The summed E-state index contributed by atoms with van der Waals surface area (Å²) < 4.78 is 14.2. The van der Waals surface area contributed by atoms with E-state index in [0.29, 0.717) is 61.8 Å². The third-order valence-corrected chi connectivity index (χ3v) is 8.47. The fraction of sp³-hybridized carbons (Fsp3) is 0.357. The molecule has 3 aromatic rings. The Balaban J connectivity index is 1.16. The van der Waals surface area contributed by atoms with Gasteiger partial charge in [0.2, 0.25) is 5.91 Å². The molecular formula is C28H29Cl2FN6O2S. The summed E-state index contributed by atoms with van der Waals surface area (Å²) >= 11 is 13.9. The number of para-hydroxylation sites is 1. The first-order valence-corrected chi connectivity index (χ1v) is 14.8. The summed E-state index contributed by atoms with van der Waals surface area (Å²) in [4.78, 5) is 42.6. The molecule has 0 spiro atoms. The molecule has 2 aromatic carbocycles. The molecule has 0 saturated carbocycles. The normalized spacial score (nSPS) is 17.8. The van der Waals surface area contributed by atoms with Crippen LogP contribution in [0.3, 0.4) is 0 Å². The van der Waals surface area contributed by atoms with Gasteiger partial charge in [0.05, 0.1) is 22.0 Å². The van der Waals surface area contributed by atoms with Crippen molar-refractivity contribution in [2.24, 2.45) is 0 Å². The molecule has 2 saturated heterocycles. The Hall–Kier alpha value is -3.08. The number of benzene rings is 2. The van der Waals surface area contributed by atoms with E-state index in [1.165, 1.54) is 23.9 Å². The van der Waals surface area contributed by atoms with Gasteiger partial charge in [-0.3, -0.25) is 9.59 Å². The summed E-state index contributed by atoms with van der Waals surface area (Å²) in [6.45, 7) is 6.00. The van der Waals surface area contributed by atoms with Gasteiger partial charge in [-0.05, 0) is 31.2 Å². The summed E-state index contributed by atoms with van der Waals surface area (Å²) in [5.74, 6) is 0.000468. The maximum atomic E-state index is 14.2. The van der Waals surface area contributed by atoms with E-state index in [-0.39, 0.29) is 34.3 Å². The number of amides is 2. The molecule has 0 bridgehead atoms. The van der Waals surface area contributed by atoms with Crippen LogP contribution in [0.1, 0.15) is 17.3 Å². The van der Waals surface area contributed by atoms with Gasteiger partial charge in [-0.15, -0.1) is 0 Å². The molecular weight excluding hydrogens is 574 g/mol. The topological polar surface area (TPSA) is 72.9 Å². The highest BCUT2D eigenvalue weighted by Gasteiger charge is 2.30. The second kappa shape index (κ2) is 12.6. The number of nitrogens with zero attached hydrogens (tertiary/aromatic N) is 6. The van der Waals surface area contributed by atoms with Crippen LogP contribution < -0.4 is 9.80 Å². The summed E-state index contributed by atoms with van der Waals surface area (Å²) in [5, 5.41) is 1.41. The van der Waals surface area contributed by atoms with Crippen molar-refractivity contribution < 1.29 is 14.0 Å². The van der Waals surface area contributed by atoms with E-state index < -0.39 is 5.82 Å². The van der Waals surface area contributed by atoms with Gasteiger partial charge in [0, 0.05) is 57.9 Å². The van der Waals surface area contributed by atoms with Crippen LogP contribution in [0.2, 0.25) is 10.2 Å². The van der Waals surface area contributed by atoms with Crippen molar-refractivity contribution in [3.05, 3.63) is 76.2 Å². The quantitative estimate of drug-likeness (QED) is 0.230. The lowest BCUT2D eigenvalue weighted by Gasteiger charge is -2.40. The Morgan fingerprint density at radius 3 is 2.38 bits per heavy atom. The first kappa shape index (κ1) is 28.4. The van der Waals surface area contributed by atoms with Crippen LogP contribution in [0, 0.1) is 5.82 Å². The van der Waals surface area contributed by atoms with Crippen molar-refractivity contribution in [3.8, 4) is 0 Å². The number of halogens is 3. The number of hydrogen-bond acceptors (Lipinski definition) is 7. The van der Waals surface area contributed by atoms with Crippen molar-refractivity contribution in [2.45, 2.75) is 18.1 Å². The zero-order chi connectivity index (χ0) is 28.2. The smallest absolute Gasteiger partial charge is 0.257 e. The lowest BCUT2D eigenvalue weighted by Crippen LogP contribution is -2.54.